The zero-order valence-corrected chi connectivity index (χ0v) is 19.1. The van der Waals surface area contributed by atoms with Gasteiger partial charge in [0.15, 0.2) is 0 Å². The van der Waals surface area contributed by atoms with Crippen LogP contribution in [0.5, 0.6) is 0 Å². The van der Waals surface area contributed by atoms with Crippen LogP contribution in [-0.4, -0.2) is 41.6 Å². The Morgan fingerprint density at radius 1 is 1.06 bits per heavy atom. The highest BCUT2D eigenvalue weighted by Gasteiger charge is 2.22. The van der Waals surface area contributed by atoms with Crippen LogP contribution in [0.15, 0.2) is 36.4 Å². The van der Waals surface area contributed by atoms with Gasteiger partial charge >= 0.3 is 11.9 Å². The number of piperidine rings is 1. The third-order valence-corrected chi connectivity index (χ3v) is 5.26. The van der Waals surface area contributed by atoms with Gasteiger partial charge in [0.2, 0.25) is 0 Å². The van der Waals surface area contributed by atoms with E-state index < -0.39 is 29.3 Å². The molecular formula is C25H29FN2O5. The highest BCUT2D eigenvalue weighted by molar-refractivity contribution is 6.07. The third-order valence-electron chi connectivity index (χ3n) is 5.26. The predicted molar refractivity (Wildman–Crippen MR) is 123 cm³/mol. The van der Waals surface area contributed by atoms with E-state index in [1.165, 1.54) is 24.3 Å². The number of hydrogen-bond acceptors (Lipinski definition) is 5. The fourth-order valence-corrected chi connectivity index (χ4v) is 3.82. The Morgan fingerprint density at radius 2 is 1.76 bits per heavy atom. The number of anilines is 2. The van der Waals surface area contributed by atoms with E-state index in [0.717, 1.165) is 32.4 Å². The fourth-order valence-electron chi connectivity index (χ4n) is 3.82. The van der Waals surface area contributed by atoms with Gasteiger partial charge in [-0.3, -0.25) is 9.59 Å². The van der Waals surface area contributed by atoms with Crippen LogP contribution in [0, 0.1) is 5.82 Å². The molecule has 0 atom stereocenters. The quantitative estimate of drug-likeness (QED) is 0.615. The van der Waals surface area contributed by atoms with Crippen LogP contribution in [0.2, 0.25) is 0 Å². The molecule has 0 bridgehead atoms. The third kappa shape index (κ3) is 6.54. The van der Waals surface area contributed by atoms with Crippen molar-refractivity contribution in [2.75, 3.05) is 23.3 Å². The number of rotatable bonds is 6. The number of hydrogen-bond donors (Lipinski definition) is 2. The molecule has 0 radical (unpaired) electrons. The van der Waals surface area contributed by atoms with E-state index in [9.17, 15) is 23.9 Å². The van der Waals surface area contributed by atoms with Gasteiger partial charge in [0, 0.05) is 24.3 Å². The van der Waals surface area contributed by atoms with E-state index in [1.807, 2.05) is 4.90 Å². The maximum atomic E-state index is 13.8. The maximum absolute atomic E-state index is 13.8. The Bertz CT molecular complexity index is 1060. The Labute approximate surface area is 192 Å². The molecule has 0 aromatic heterocycles. The van der Waals surface area contributed by atoms with Gasteiger partial charge in [0.05, 0.1) is 17.7 Å². The van der Waals surface area contributed by atoms with Crippen molar-refractivity contribution in [1.29, 1.82) is 0 Å². The average molecular weight is 457 g/mol. The van der Waals surface area contributed by atoms with Crippen LogP contribution < -0.4 is 10.2 Å². The van der Waals surface area contributed by atoms with E-state index >= 15 is 0 Å². The van der Waals surface area contributed by atoms with Crippen molar-refractivity contribution in [1.82, 2.24) is 0 Å². The number of carbonyl (C=O) groups excluding carboxylic acids is 2. The summed E-state index contributed by atoms with van der Waals surface area (Å²) in [6.07, 6.45) is 2.88. The molecule has 1 heterocycles. The molecule has 2 aromatic carbocycles. The van der Waals surface area contributed by atoms with Crippen molar-refractivity contribution >= 4 is 29.2 Å². The van der Waals surface area contributed by atoms with Crippen molar-refractivity contribution in [2.24, 2.45) is 0 Å². The van der Waals surface area contributed by atoms with Crippen LogP contribution in [0.4, 0.5) is 15.8 Å². The summed E-state index contributed by atoms with van der Waals surface area (Å²) in [5, 5.41) is 12.4. The lowest BCUT2D eigenvalue weighted by Gasteiger charge is -2.30. The van der Waals surface area contributed by atoms with E-state index in [4.69, 9.17) is 4.74 Å². The number of halogens is 1. The molecule has 0 saturated carbocycles. The van der Waals surface area contributed by atoms with E-state index in [2.05, 4.69) is 5.32 Å². The predicted octanol–water partition coefficient (Wildman–Crippen LogP) is 4.65. The molecule has 1 fully saturated rings. The van der Waals surface area contributed by atoms with Crippen molar-refractivity contribution in [2.45, 2.75) is 52.1 Å². The first kappa shape index (κ1) is 24.2. The molecule has 3 rings (SSSR count). The number of benzene rings is 2. The summed E-state index contributed by atoms with van der Waals surface area (Å²) in [5.41, 5.74) is 0.617. The van der Waals surface area contributed by atoms with E-state index in [0.29, 0.717) is 5.69 Å². The van der Waals surface area contributed by atoms with Crippen LogP contribution in [0.3, 0.4) is 0 Å². The van der Waals surface area contributed by atoms with Gasteiger partial charge in [0.1, 0.15) is 11.4 Å². The molecule has 33 heavy (non-hydrogen) atoms. The number of esters is 1. The first-order valence-corrected chi connectivity index (χ1v) is 11.0. The Hall–Kier alpha value is -3.42. The lowest BCUT2D eigenvalue weighted by Crippen LogP contribution is -2.31. The number of aromatic carboxylic acids is 1. The molecule has 1 aliphatic rings. The zero-order chi connectivity index (χ0) is 24.2. The summed E-state index contributed by atoms with van der Waals surface area (Å²) >= 11 is 0. The highest BCUT2D eigenvalue weighted by atomic mass is 19.1. The van der Waals surface area contributed by atoms with Gasteiger partial charge in [-0.05, 0) is 82.0 Å². The number of nitrogens with zero attached hydrogens (tertiary/aromatic N) is 1. The average Bonchev–Trinajstić information content (AvgIpc) is 2.74. The van der Waals surface area contributed by atoms with Crippen molar-refractivity contribution in [3.63, 3.8) is 0 Å². The van der Waals surface area contributed by atoms with E-state index in [-0.39, 0.29) is 28.8 Å². The molecule has 0 spiro atoms. The molecular weight excluding hydrogens is 427 g/mol. The monoisotopic (exact) mass is 456 g/mol. The molecule has 2 aromatic rings. The van der Waals surface area contributed by atoms with Crippen molar-refractivity contribution in [3.8, 4) is 0 Å². The normalized spacial score (nSPS) is 14.0. The van der Waals surface area contributed by atoms with Crippen LogP contribution >= 0.6 is 0 Å². The number of carboxylic acid groups (broad SMARTS) is 1. The Balaban J connectivity index is 1.83. The summed E-state index contributed by atoms with van der Waals surface area (Å²) in [6, 6.07) is 8.28. The largest absolute Gasteiger partial charge is 0.478 e. The first-order chi connectivity index (χ1) is 15.5. The van der Waals surface area contributed by atoms with Crippen molar-refractivity contribution in [3.05, 3.63) is 58.9 Å². The molecule has 0 aliphatic carbocycles. The fraction of sp³-hybridized carbons (Fsp3) is 0.400. The van der Waals surface area contributed by atoms with Gasteiger partial charge in [-0.15, -0.1) is 0 Å². The molecule has 1 aliphatic heterocycles. The molecule has 1 saturated heterocycles. The molecule has 7 nitrogen and oxygen atoms in total. The SMILES string of the molecule is CC(C)(C)OC(=O)Cc1cc(F)ccc1NC(=O)c1ccc(N2CCCCC2)c(C(=O)O)c1. The minimum Gasteiger partial charge on any atom is -0.478 e. The highest BCUT2D eigenvalue weighted by Crippen LogP contribution is 2.27. The maximum Gasteiger partial charge on any atom is 0.337 e. The van der Waals surface area contributed by atoms with E-state index in [1.54, 1.807) is 32.9 Å². The second-order valence-electron chi connectivity index (χ2n) is 9.10. The number of ether oxygens (including phenoxy) is 1. The number of carboxylic acids is 1. The van der Waals surface area contributed by atoms with Gasteiger partial charge < -0.3 is 20.1 Å². The Morgan fingerprint density at radius 3 is 2.39 bits per heavy atom. The topological polar surface area (TPSA) is 95.9 Å². The summed E-state index contributed by atoms with van der Waals surface area (Å²) in [6.45, 7) is 6.73. The summed E-state index contributed by atoms with van der Waals surface area (Å²) in [4.78, 5) is 39.0. The lowest BCUT2D eigenvalue weighted by atomic mass is 10.0. The van der Waals surface area contributed by atoms with Gasteiger partial charge in [-0.1, -0.05) is 0 Å². The zero-order valence-electron chi connectivity index (χ0n) is 19.1. The summed E-state index contributed by atoms with van der Waals surface area (Å²) in [7, 11) is 0. The minimum absolute atomic E-state index is 0.0534. The minimum atomic E-state index is -1.11. The lowest BCUT2D eigenvalue weighted by molar-refractivity contribution is -0.153. The van der Waals surface area contributed by atoms with Crippen LogP contribution in [0.25, 0.3) is 0 Å². The molecule has 2 N–H and O–H groups in total. The second kappa shape index (κ2) is 10.0. The number of nitrogens with one attached hydrogen (secondary N) is 1. The molecule has 8 heteroatoms. The van der Waals surface area contributed by atoms with Crippen LogP contribution in [0.1, 0.15) is 66.3 Å². The van der Waals surface area contributed by atoms with Crippen LogP contribution in [-0.2, 0) is 16.0 Å². The standard InChI is InChI=1S/C25H29FN2O5/c1-25(2,3)33-22(29)15-17-13-18(26)8-9-20(17)27-23(30)16-7-10-21(19(14-16)24(31)32)28-11-5-4-6-12-28/h7-10,13-14H,4-6,11-12,15H2,1-3H3,(H,27,30)(H,31,32). The van der Waals surface area contributed by atoms with Gasteiger partial charge in [-0.25, -0.2) is 9.18 Å². The summed E-state index contributed by atoms with van der Waals surface area (Å²) < 4.78 is 19.1. The van der Waals surface area contributed by atoms with Gasteiger partial charge in [-0.2, -0.15) is 0 Å². The molecule has 0 unspecified atom stereocenters. The Kier molecular flexibility index (Phi) is 7.36. The molecule has 1 amide bonds. The summed E-state index contributed by atoms with van der Waals surface area (Å²) in [5.74, 6) is -2.77. The first-order valence-electron chi connectivity index (χ1n) is 11.0. The van der Waals surface area contributed by atoms with Crippen molar-refractivity contribution < 1.29 is 28.6 Å². The number of carbonyl (C=O) groups is 3. The van der Waals surface area contributed by atoms with Gasteiger partial charge in [0.25, 0.3) is 5.91 Å². The smallest absolute Gasteiger partial charge is 0.337 e. The second-order valence-corrected chi connectivity index (χ2v) is 9.10. The molecule has 176 valence electrons. The number of amides is 1.